The molecule has 0 saturated heterocycles. The molecular weight excluding hydrogens is 336 g/mol. The minimum atomic E-state index is -3.42. The van der Waals surface area contributed by atoms with Crippen LogP contribution in [0.3, 0.4) is 0 Å². The van der Waals surface area contributed by atoms with Crippen LogP contribution in [-0.2, 0) is 20.4 Å². The summed E-state index contributed by atoms with van der Waals surface area (Å²) in [5.74, 6) is -0.317. The number of amides is 1. The molecule has 1 amide bonds. The maximum Gasteiger partial charge on any atom is 0.244 e. The molecule has 3 rings (SSSR count). The molecule has 5 nitrogen and oxygen atoms in total. The van der Waals surface area contributed by atoms with E-state index in [0.29, 0.717) is 24.1 Å². The van der Waals surface area contributed by atoms with E-state index in [4.69, 9.17) is 5.73 Å². The molecule has 132 valence electrons. The minimum Gasteiger partial charge on any atom is -0.324 e. The predicted octanol–water partition coefficient (Wildman–Crippen LogP) is 2.87. The molecule has 2 aromatic rings. The summed E-state index contributed by atoms with van der Waals surface area (Å²) in [5, 5.41) is 2.83. The topological polar surface area (TPSA) is 89.3 Å². The molecule has 1 saturated carbocycles. The first kappa shape index (κ1) is 17.6. The summed E-state index contributed by atoms with van der Waals surface area (Å²) in [5.41, 5.74) is 6.54. The molecule has 0 spiro atoms. The first-order valence-corrected chi connectivity index (χ1v) is 10.0. The Morgan fingerprint density at radius 2 is 1.72 bits per heavy atom. The van der Waals surface area contributed by atoms with Crippen molar-refractivity contribution in [2.24, 2.45) is 5.73 Å². The van der Waals surface area contributed by atoms with Crippen LogP contribution in [0.1, 0.15) is 31.2 Å². The van der Waals surface area contributed by atoms with Crippen LogP contribution < -0.4 is 11.1 Å². The molecule has 0 bridgehead atoms. The summed E-state index contributed by atoms with van der Waals surface area (Å²) in [6, 6.07) is 15.3. The SMILES string of the molecule is NC1(C(=O)Nc2cccc(CS(=O)(=O)c3ccccc3)c2)CCCC1. The molecule has 0 radical (unpaired) electrons. The van der Waals surface area contributed by atoms with Gasteiger partial charge in [-0.15, -0.1) is 0 Å². The van der Waals surface area contributed by atoms with Crippen molar-refractivity contribution in [1.29, 1.82) is 0 Å². The van der Waals surface area contributed by atoms with E-state index in [9.17, 15) is 13.2 Å². The summed E-state index contributed by atoms with van der Waals surface area (Å²) in [6.07, 6.45) is 3.28. The zero-order chi connectivity index (χ0) is 17.9. The summed E-state index contributed by atoms with van der Waals surface area (Å²) in [7, 11) is -3.42. The van der Waals surface area contributed by atoms with Crippen molar-refractivity contribution in [3.63, 3.8) is 0 Å². The third-order valence-corrected chi connectivity index (χ3v) is 6.30. The molecule has 1 fully saturated rings. The first-order chi connectivity index (χ1) is 11.9. The maximum atomic E-state index is 12.5. The smallest absolute Gasteiger partial charge is 0.244 e. The summed E-state index contributed by atoms with van der Waals surface area (Å²) in [6.45, 7) is 0. The molecule has 25 heavy (non-hydrogen) atoms. The van der Waals surface area contributed by atoms with Gasteiger partial charge in [-0.3, -0.25) is 4.79 Å². The number of carbonyl (C=O) groups is 1. The summed E-state index contributed by atoms with van der Waals surface area (Å²) >= 11 is 0. The number of carbonyl (C=O) groups excluding carboxylic acids is 1. The van der Waals surface area contributed by atoms with Gasteiger partial charge in [-0.2, -0.15) is 0 Å². The van der Waals surface area contributed by atoms with E-state index >= 15 is 0 Å². The van der Waals surface area contributed by atoms with Gasteiger partial charge >= 0.3 is 0 Å². The van der Waals surface area contributed by atoms with Gasteiger partial charge in [0, 0.05) is 5.69 Å². The van der Waals surface area contributed by atoms with Gasteiger partial charge in [0.15, 0.2) is 9.84 Å². The molecule has 0 aromatic heterocycles. The Hall–Kier alpha value is -2.18. The van der Waals surface area contributed by atoms with E-state index in [0.717, 1.165) is 12.8 Å². The Morgan fingerprint density at radius 1 is 1.04 bits per heavy atom. The Balaban J connectivity index is 1.75. The van der Waals surface area contributed by atoms with Crippen LogP contribution in [-0.4, -0.2) is 19.9 Å². The third kappa shape index (κ3) is 4.08. The molecule has 0 aliphatic heterocycles. The number of benzene rings is 2. The normalized spacial score (nSPS) is 16.5. The highest BCUT2D eigenvalue weighted by Gasteiger charge is 2.36. The molecule has 0 heterocycles. The van der Waals surface area contributed by atoms with E-state index < -0.39 is 15.4 Å². The second-order valence-electron chi connectivity index (χ2n) is 6.59. The maximum absolute atomic E-state index is 12.5. The molecule has 6 heteroatoms. The fraction of sp³-hybridized carbons (Fsp3) is 0.316. The Labute approximate surface area is 148 Å². The quantitative estimate of drug-likeness (QED) is 0.860. The Bertz CT molecular complexity index is 857. The van der Waals surface area contributed by atoms with E-state index in [1.807, 2.05) is 0 Å². The van der Waals surface area contributed by atoms with Gasteiger partial charge in [0.05, 0.1) is 16.2 Å². The second-order valence-corrected chi connectivity index (χ2v) is 8.58. The van der Waals surface area contributed by atoms with Gasteiger partial charge in [0.2, 0.25) is 5.91 Å². The van der Waals surface area contributed by atoms with Gasteiger partial charge in [-0.05, 0) is 42.7 Å². The highest BCUT2D eigenvalue weighted by molar-refractivity contribution is 7.90. The first-order valence-electron chi connectivity index (χ1n) is 8.36. The summed E-state index contributed by atoms with van der Waals surface area (Å²) < 4.78 is 25.0. The van der Waals surface area contributed by atoms with Crippen molar-refractivity contribution < 1.29 is 13.2 Å². The van der Waals surface area contributed by atoms with E-state index in [-0.39, 0.29) is 16.6 Å². The fourth-order valence-corrected chi connectivity index (χ4v) is 4.51. The number of hydrogen-bond donors (Lipinski definition) is 2. The van der Waals surface area contributed by atoms with Gasteiger partial charge in [0.1, 0.15) is 0 Å². The lowest BCUT2D eigenvalue weighted by molar-refractivity contribution is -0.121. The Kier molecular flexibility index (Phi) is 4.92. The van der Waals surface area contributed by atoms with Crippen LogP contribution in [0, 0.1) is 0 Å². The fourth-order valence-electron chi connectivity index (χ4n) is 3.16. The largest absolute Gasteiger partial charge is 0.324 e. The molecule has 3 N–H and O–H groups in total. The standard InChI is InChI=1S/C19H22N2O3S/c20-19(11-4-5-12-19)18(22)21-16-8-6-7-15(13-16)14-25(23,24)17-9-2-1-3-10-17/h1-3,6-10,13H,4-5,11-12,14,20H2,(H,21,22). The monoisotopic (exact) mass is 358 g/mol. The average Bonchev–Trinajstić information content (AvgIpc) is 3.04. The van der Waals surface area contributed by atoms with Crippen LogP contribution in [0.15, 0.2) is 59.5 Å². The molecule has 0 atom stereocenters. The molecule has 2 aromatic carbocycles. The van der Waals surface area contributed by atoms with E-state index in [2.05, 4.69) is 5.32 Å². The highest BCUT2D eigenvalue weighted by atomic mass is 32.2. The van der Waals surface area contributed by atoms with Crippen LogP contribution in [0.5, 0.6) is 0 Å². The lowest BCUT2D eigenvalue weighted by Crippen LogP contribution is -2.48. The van der Waals surface area contributed by atoms with Gasteiger partial charge in [-0.25, -0.2) is 8.42 Å². The molecule has 1 aliphatic rings. The van der Waals surface area contributed by atoms with Gasteiger partial charge < -0.3 is 11.1 Å². The molecular formula is C19H22N2O3S. The van der Waals surface area contributed by atoms with Crippen LogP contribution in [0.2, 0.25) is 0 Å². The molecule has 0 unspecified atom stereocenters. The number of anilines is 1. The Morgan fingerprint density at radius 3 is 2.40 bits per heavy atom. The third-order valence-electron chi connectivity index (χ3n) is 4.59. The van der Waals surface area contributed by atoms with E-state index in [1.54, 1.807) is 54.6 Å². The number of sulfone groups is 1. The van der Waals surface area contributed by atoms with Gasteiger partial charge in [-0.1, -0.05) is 43.2 Å². The summed E-state index contributed by atoms with van der Waals surface area (Å²) in [4.78, 5) is 12.7. The average molecular weight is 358 g/mol. The van der Waals surface area contributed by atoms with Crippen LogP contribution in [0.4, 0.5) is 5.69 Å². The lowest BCUT2D eigenvalue weighted by atomic mass is 9.98. The van der Waals surface area contributed by atoms with Crippen molar-refractivity contribution in [1.82, 2.24) is 0 Å². The second kappa shape index (κ2) is 6.98. The van der Waals surface area contributed by atoms with Crippen molar-refractivity contribution >= 4 is 21.4 Å². The van der Waals surface area contributed by atoms with Crippen molar-refractivity contribution in [2.75, 3.05) is 5.32 Å². The number of nitrogens with one attached hydrogen (secondary N) is 1. The van der Waals surface area contributed by atoms with Crippen molar-refractivity contribution in [3.8, 4) is 0 Å². The van der Waals surface area contributed by atoms with E-state index in [1.165, 1.54) is 0 Å². The zero-order valence-corrected chi connectivity index (χ0v) is 14.8. The zero-order valence-electron chi connectivity index (χ0n) is 13.9. The minimum absolute atomic E-state index is 0.117. The number of hydrogen-bond acceptors (Lipinski definition) is 4. The number of rotatable bonds is 5. The lowest BCUT2D eigenvalue weighted by Gasteiger charge is -2.22. The van der Waals surface area contributed by atoms with Crippen molar-refractivity contribution in [2.45, 2.75) is 41.9 Å². The molecule has 1 aliphatic carbocycles. The van der Waals surface area contributed by atoms with Crippen LogP contribution in [0.25, 0.3) is 0 Å². The van der Waals surface area contributed by atoms with Crippen molar-refractivity contribution in [3.05, 3.63) is 60.2 Å². The van der Waals surface area contributed by atoms with Gasteiger partial charge in [0.25, 0.3) is 0 Å². The van der Waals surface area contributed by atoms with Crippen LogP contribution >= 0.6 is 0 Å². The number of nitrogens with two attached hydrogens (primary N) is 1. The highest BCUT2D eigenvalue weighted by Crippen LogP contribution is 2.28. The predicted molar refractivity (Wildman–Crippen MR) is 97.8 cm³/mol.